The van der Waals surface area contributed by atoms with E-state index in [-0.39, 0.29) is 0 Å². The molecule has 0 spiro atoms. The van der Waals surface area contributed by atoms with Crippen LogP contribution in [0, 0.1) is 11.8 Å². The molecule has 1 fully saturated rings. The highest BCUT2D eigenvalue weighted by Gasteiger charge is 2.26. The van der Waals surface area contributed by atoms with E-state index in [4.69, 9.17) is 5.11 Å². The zero-order valence-corrected chi connectivity index (χ0v) is 10.5. The first kappa shape index (κ1) is 11.6. The number of carboxylic acid groups (broad SMARTS) is 1. The van der Waals surface area contributed by atoms with Crippen molar-refractivity contribution in [1.29, 1.82) is 0 Å². The first-order valence-corrected chi connectivity index (χ1v) is 6.48. The highest BCUT2D eigenvalue weighted by atomic mass is 32.1. The largest absolute Gasteiger partial charge is 0.477 e. The first-order chi connectivity index (χ1) is 7.58. The molecular weight excluding hydrogens is 222 g/mol. The highest BCUT2D eigenvalue weighted by molar-refractivity contribution is 7.12. The summed E-state index contributed by atoms with van der Waals surface area (Å²) in [5.41, 5.74) is 0.957. The van der Waals surface area contributed by atoms with E-state index >= 15 is 0 Å². The molecule has 4 heteroatoms. The molecule has 0 radical (unpaired) electrons. The lowest BCUT2D eigenvalue weighted by molar-refractivity contribution is 0.0700. The minimum Gasteiger partial charge on any atom is -0.477 e. The van der Waals surface area contributed by atoms with E-state index in [0.717, 1.165) is 25.2 Å². The summed E-state index contributed by atoms with van der Waals surface area (Å²) in [4.78, 5) is 13.8. The minimum atomic E-state index is -0.801. The second kappa shape index (κ2) is 4.55. The van der Waals surface area contributed by atoms with Gasteiger partial charge in [-0.3, -0.25) is 4.90 Å². The van der Waals surface area contributed by atoms with Crippen molar-refractivity contribution >= 4 is 17.3 Å². The number of carbonyl (C=O) groups is 1. The molecule has 88 valence electrons. The summed E-state index contributed by atoms with van der Waals surface area (Å²) in [6.45, 7) is 7.46. The molecule has 0 aromatic carbocycles. The van der Waals surface area contributed by atoms with Crippen molar-refractivity contribution in [2.24, 2.45) is 11.8 Å². The highest BCUT2D eigenvalue weighted by Crippen LogP contribution is 2.26. The van der Waals surface area contributed by atoms with Crippen molar-refractivity contribution in [2.45, 2.75) is 20.4 Å². The summed E-state index contributed by atoms with van der Waals surface area (Å²) in [7, 11) is 0. The number of likely N-dealkylation sites (tertiary alicyclic amines) is 1. The Morgan fingerprint density at radius 3 is 2.69 bits per heavy atom. The summed E-state index contributed by atoms with van der Waals surface area (Å²) in [6, 6.07) is 1.93. The van der Waals surface area contributed by atoms with Gasteiger partial charge in [-0.25, -0.2) is 4.79 Å². The van der Waals surface area contributed by atoms with E-state index in [9.17, 15) is 4.79 Å². The monoisotopic (exact) mass is 239 g/mol. The van der Waals surface area contributed by atoms with Gasteiger partial charge in [0.2, 0.25) is 0 Å². The Bertz CT molecular complexity index is 378. The topological polar surface area (TPSA) is 40.5 Å². The number of rotatable bonds is 3. The fraction of sp³-hybridized carbons (Fsp3) is 0.583. The lowest BCUT2D eigenvalue weighted by Gasteiger charge is -2.14. The maximum Gasteiger partial charge on any atom is 0.346 e. The van der Waals surface area contributed by atoms with Crippen molar-refractivity contribution in [3.63, 3.8) is 0 Å². The Morgan fingerprint density at radius 1 is 1.50 bits per heavy atom. The SMILES string of the molecule is CC1CN(Cc2ccsc2C(=O)O)CC1C. The molecule has 1 aromatic rings. The van der Waals surface area contributed by atoms with Gasteiger partial charge in [-0.2, -0.15) is 0 Å². The second-order valence-electron chi connectivity index (χ2n) is 4.73. The van der Waals surface area contributed by atoms with Crippen LogP contribution in [0.5, 0.6) is 0 Å². The standard InChI is InChI=1S/C12H17NO2S/c1-8-5-13(6-9(8)2)7-10-3-4-16-11(10)12(14)15/h3-4,8-9H,5-7H2,1-2H3,(H,14,15). The molecule has 1 aliphatic heterocycles. The van der Waals surface area contributed by atoms with Gasteiger partial charge in [0.1, 0.15) is 4.88 Å². The fourth-order valence-electron chi connectivity index (χ4n) is 2.27. The molecule has 0 aliphatic carbocycles. The Hall–Kier alpha value is -0.870. The molecule has 0 amide bonds. The Morgan fingerprint density at radius 2 is 2.12 bits per heavy atom. The van der Waals surface area contributed by atoms with Gasteiger partial charge < -0.3 is 5.11 Å². The molecule has 2 unspecified atom stereocenters. The van der Waals surface area contributed by atoms with Crippen LogP contribution in [0.25, 0.3) is 0 Å². The van der Waals surface area contributed by atoms with Gasteiger partial charge in [0.15, 0.2) is 0 Å². The van der Waals surface area contributed by atoms with Crippen LogP contribution in [0.2, 0.25) is 0 Å². The zero-order chi connectivity index (χ0) is 11.7. The van der Waals surface area contributed by atoms with E-state index in [1.165, 1.54) is 11.3 Å². The Kier molecular flexibility index (Phi) is 3.30. The van der Waals surface area contributed by atoms with Crippen molar-refractivity contribution in [3.8, 4) is 0 Å². The number of carboxylic acids is 1. The summed E-state index contributed by atoms with van der Waals surface area (Å²) in [5, 5.41) is 10.9. The average molecular weight is 239 g/mol. The number of hydrogen-bond donors (Lipinski definition) is 1. The van der Waals surface area contributed by atoms with Crippen LogP contribution in [0.3, 0.4) is 0 Å². The van der Waals surface area contributed by atoms with Crippen LogP contribution in [0.1, 0.15) is 29.1 Å². The molecular formula is C12H17NO2S. The zero-order valence-electron chi connectivity index (χ0n) is 9.64. The minimum absolute atomic E-state index is 0.493. The number of thiophene rings is 1. The van der Waals surface area contributed by atoms with Gasteiger partial charge in [-0.05, 0) is 28.8 Å². The Labute approximate surface area is 99.7 Å². The van der Waals surface area contributed by atoms with Crippen LogP contribution >= 0.6 is 11.3 Å². The van der Waals surface area contributed by atoms with Gasteiger partial charge in [-0.15, -0.1) is 11.3 Å². The molecule has 1 N–H and O–H groups in total. The van der Waals surface area contributed by atoms with Crippen LogP contribution in [-0.2, 0) is 6.54 Å². The Balaban J connectivity index is 2.05. The third kappa shape index (κ3) is 2.28. The lowest BCUT2D eigenvalue weighted by atomic mass is 10.0. The van der Waals surface area contributed by atoms with Gasteiger partial charge in [0.25, 0.3) is 0 Å². The number of aromatic carboxylic acids is 1. The van der Waals surface area contributed by atoms with Gasteiger partial charge >= 0.3 is 5.97 Å². The molecule has 16 heavy (non-hydrogen) atoms. The molecule has 1 aromatic heterocycles. The van der Waals surface area contributed by atoms with Crippen molar-refractivity contribution in [2.75, 3.05) is 13.1 Å². The number of hydrogen-bond acceptors (Lipinski definition) is 3. The van der Waals surface area contributed by atoms with Gasteiger partial charge in [0.05, 0.1) is 0 Å². The number of nitrogens with zero attached hydrogens (tertiary/aromatic N) is 1. The van der Waals surface area contributed by atoms with E-state index in [1.54, 1.807) is 0 Å². The molecule has 2 rings (SSSR count). The van der Waals surface area contributed by atoms with E-state index < -0.39 is 5.97 Å². The average Bonchev–Trinajstić information content (AvgIpc) is 2.75. The summed E-state index contributed by atoms with van der Waals surface area (Å²) in [6.07, 6.45) is 0. The molecule has 0 saturated carbocycles. The molecule has 2 atom stereocenters. The summed E-state index contributed by atoms with van der Waals surface area (Å²) in [5.74, 6) is 0.629. The molecule has 3 nitrogen and oxygen atoms in total. The van der Waals surface area contributed by atoms with Crippen LogP contribution in [0.15, 0.2) is 11.4 Å². The first-order valence-electron chi connectivity index (χ1n) is 5.60. The molecule has 1 saturated heterocycles. The lowest BCUT2D eigenvalue weighted by Crippen LogP contribution is -2.20. The molecule has 1 aliphatic rings. The van der Waals surface area contributed by atoms with Crippen molar-refractivity contribution < 1.29 is 9.90 Å². The van der Waals surface area contributed by atoms with Crippen LogP contribution in [0.4, 0.5) is 0 Å². The normalized spacial score (nSPS) is 26.1. The maximum absolute atomic E-state index is 11.0. The second-order valence-corrected chi connectivity index (χ2v) is 5.64. The molecule has 0 bridgehead atoms. The molecule has 2 heterocycles. The van der Waals surface area contributed by atoms with Crippen LogP contribution in [-0.4, -0.2) is 29.1 Å². The van der Waals surface area contributed by atoms with E-state index in [1.807, 2.05) is 11.4 Å². The third-order valence-electron chi connectivity index (χ3n) is 3.40. The van der Waals surface area contributed by atoms with Gasteiger partial charge in [-0.1, -0.05) is 13.8 Å². The van der Waals surface area contributed by atoms with E-state index in [2.05, 4.69) is 18.7 Å². The van der Waals surface area contributed by atoms with Crippen molar-refractivity contribution in [1.82, 2.24) is 4.90 Å². The van der Waals surface area contributed by atoms with Crippen molar-refractivity contribution in [3.05, 3.63) is 21.9 Å². The van der Waals surface area contributed by atoms with Gasteiger partial charge in [0, 0.05) is 19.6 Å². The smallest absolute Gasteiger partial charge is 0.346 e. The quantitative estimate of drug-likeness (QED) is 0.881. The fourth-order valence-corrected chi connectivity index (χ4v) is 3.02. The summed E-state index contributed by atoms with van der Waals surface area (Å²) < 4.78 is 0. The maximum atomic E-state index is 11.0. The summed E-state index contributed by atoms with van der Waals surface area (Å²) >= 11 is 1.32. The predicted octanol–water partition coefficient (Wildman–Crippen LogP) is 2.53. The van der Waals surface area contributed by atoms with E-state index in [0.29, 0.717) is 16.7 Å². The third-order valence-corrected chi connectivity index (χ3v) is 4.34. The predicted molar refractivity (Wildman–Crippen MR) is 64.9 cm³/mol. The van der Waals surface area contributed by atoms with Crippen LogP contribution < -0.4 is 0 Å².